The number of hydrogen-bond acceptors (Lipinski definition) is 2. The van der Waals surface area contributed by atoms with Crippen LogP contribution in [0.4, 0.5) is 0 Å². The number of unbranched alkanes of at least 4 members (excludes halogenated alkanes) is 1. The standard InChI is InChI=1S/C12H25NO/c1-2-3-10-14-11-8-12-7-5-4-6-9-13-12/h12-13H,2-11H2,1H3. The van der Waals surface area contributed by atoms with Crippen LogP contribution in [0.1, 0.15) is 51.9 Å². The molecule has 0 aromatic rings. The largest absolute Gasteiger partial charge is 0.381 e. The van der Waals surface area contributed by atoms with Crippen molar-refractivity contribution in [3.8, 4) is 0 Å². The molecular formula is C12H25NO. The Morgan fingerprint density at radius 2 is 2.14 bits per heavy atom. The maximum absolute atomic E-state index is 5.58. The van der Waals surface area contributed by atoms with Crippen molar-refractivity contribution in [1.82, 2.24) is 5.32 Å². The fourth-order valence-electron chi connectivity index (χ4n) is 1.92. The van der Waals surface area contributed by atoms with E-state index in [1.54, 1.807) is 0 Å². The van der Waals surface area contributed by atoms with Crippen molar-refractivity contribution >= 4 is 0 Å². The van der Waals surface area contributed by atoms with Gasteiger partial charge in [0.1, 0.15) is 0 Å². The van der Waals surface area contributed by atoms with E-state index >= 15 is 0 Å². The Morgan fingerprint density at radius 1 is 1.21 bits per heavy atom. The predicted octanol–water partition coefficient (Wildman–Crippen LogP) is 2.73. The highest BCUT2D eigenvalue weighted by Gasteiger charge is 2.10. The molecule has 14 heavy (non-hydrogen) atoms. The summed E-state index contributed by atoms with van der Waals surface area (Å²) in [6.45, 7) is 5.30. The van der Waals surface area contributed by atoms with E-state index in [0.29, 0.717) is 0 Å². The van der Waals surface area contributed by atoms with Gasteiger partial charge in [0, 0.05) is 19.3 Å². The van der Waals surface area contributed by atoms with Crippen molar-refractivity contribution < 1.29 is 4.74 Å². The average molecular weight is 199 g/mol. The summed E-state index contributed by atoms with van der Waals surface area (Å²) in [7, 11) is 0. The van der Waals surface area contributed by atoms with Gasteiger partial charge in [0.05, 0.1) is 0 Å². The second-order valence-corrected chi connectivity index (χ2v) is 4.25. The molecule has 0 aromatic carbocycles. The zero-order valence-corrected chi connectivity index (χ0v) is 9.56. The van der Waals surface area contributed by atoms with E-state index in [0.717, 1.165) is 19.3 Å². The molecule has 1 heterocycles. The first-order valence-corrected chi connectivity index (χ1v) is 6.24. The van der Waals surface area contributed by atoms with Gasteiger partial charge in [-0.3, -0.25) is 0 Å². The van der Waals surface area contributed by atoms with Gasteiger partial charge in [-0.05, 0) is 32.2 Å². The lowest BCUT2D eigenvalue weighted by Gasteiger charge is -2.15. The fourth-order valence-corrected chi connectivity index (χ4v) is 1.92. The highest BCUT2D eigenvalue weighted by molar-refractivity contribution is 4.70. The van der Waals surface area contributed by atoms with E-state index in [9.17, 15) is 0 Å². The van der Waals surface area contributed by atoms with Crippen molar-refractivity contribution in [3.63, 3.8) is 0 Å². The molecule has 0 radical (unpaired) electrons. The average Bonchev–Trinajstić information content (AvgIpc) is 2.46. The Bertz CT molecular complexity index is 119. The summed E-state index contributed by atoms with van der Waals surface area (Å²) in [6.07, 6.45) is 9.14. The number of nitrogens with one attached hydrogen (secondary N) is 1. The summed E-state index contributed by atoms with van der Waals surface area (Å²) in [6, 6.07) is 0.721. The van der Waals surface area contributed by atoms with Gasteiger partial charge < -0.3 is 10.1 Å². The van der Waals surface area contributed by atoms with E-state index in [-0.39, 0.29) is 0 Å². The molecule has 0 aromatic heterocycles. The minimum absolute atomic E-state index is 0.721. The normalized spacial score (nSPS) is 23.4. The zero-order valence-electron chi connectivity index (χ0n) is 9.56. The SMILES string of the molecule is CCCCOCCC1CCCCCN1. The van der Waals surface area contributed by atoms with Gasteiger partial charge in [-0.15, -0.1) is 0 Å². The summed E-state index contributed by atoms with van der Waals surface area (Å²) >= 11 is 0. The molecule has 0 amide bonds. The third-order valence-electron chi connectivity index (χ3n) is 2.92. The van der Waals surface area contributed by atoms with Crippen LogP contribution in [0.25, 0.3) is 0 Å². The Labute approximate surface area is 88.4 Å². The first kappa shape index (κ1) is 12.0. The van der Waals surface area contributed by atoms with Gasteiger partial charge in [-0.1, -0.05) is 26.2 Å². The third kappa shape index (κ3) is 5.61. The van der Waals surface area contributed by atoms with Crippen molar-refractivity contribution in [3.05, 3.63) is 0 Å². The van der Waals surface area contributed by atoms with Crippen LogP contribution < -0.4 is 5.32 Å². The molecule has 0 spiro atoms. The van der Waals surface area contributed by atoms with Crippen LogP contribution in [0.5, 0.6) is 0 Å². The molecule has 0 saturated carbocycles. The second-order valence-electron chi connectivity index (χ2n) is 4.25. The lowest BCUT2D eigenvalue weighted by Crippen LogP contribution is -2.29. The Morgan fingerprint density at radius 3 is 3.00 bits per heavy atom. The van der Waals surface area contributed by atoms with Crippen molar-refractivity contribution in [2.45, 2.75) is 57.9 Å². The molecule has 2 heteroatoms. The monoisotopic (exact) mass is 199 g/mol. The molecule has 1 aliphatic rings. The van der Waals surface area contributed by atoms with Crippen LogP contribution in [0.2, 0.25) is 0 Å². The van der Waals surface area contributed by atoms with Gasteiger partial charge >= 0.3 is 0 Å². The topological polar surface area (TPSA) is 21.3 Å². The minimum Gasteiger partial charge on any atom is -0.381 e. The van der Waals surface area contributed by atoms with E-state index < -0.39 is 0 Å². The molecule has 1 atom stereocenters. The van der Waals surface area contributed by atoms with Gasteiger partial charge in [-0.25, -0.2) is 0 Å². The van der Waals surface area contributed by atoms with Gasteiger partial charge in [0.15, 0.2) is 0 Å². The molecule has 2 nitrogen and oxygen atoms in total. The Kier molecular flexibility index (Phi) is 7.06. The molecule has 1 N–H and O–H groups in total. The Hall–Kier alpha value is -0.0800. The summed E-state index contributed by atoms with van der Waals surface area (Å²) in [5, 5.41) is 3.59. The van der Waals surface area contributed by atoms with Crippen LogP contribution in [-0.4, -0.2) is 25.8 Å². The smallest absolute Gasteiger partial charge is 0.0480 e. The first-order chi connectivity index (χ1) is 6.93. The molecule has 1 aliphatic heterocycles. The predicted molar refractivity (Wildman–Crippen MR) is 60.6 cm³/mol. The van der Waals surface area contributed by atoms with E-state index in [4.69, 9.17) is 4.74 Å². The summed E-state index contributed by atoms with van der Waals surface area (Å²) in [5.74, 6) is 0. The van der Waals surface area contributed by atoms with Crippen LogP contribution in [0.3, 0.4) is 0 Å². The molecule has 1 fully saturated rings. The Balaban J connectivity index is 1.93. The second kappa shape index (κ2) is 8.25. The molecule has 1 saturated heterocycles. The summed E-state index contributed by atoms with van der Waals surface area (Å²) < 4.78 is 5.58. The lowest BCUT2D eigenvalue weighted by atomic mass is 10.1. The molecule has 84 valence electrons. The van der Waals surface area contributed by atoms with E-state index in [1.165, 1.54) is 51.5 Å². The molecule has 0 bridgehead atoms. The maximum atomic E-state index is 5.58. The molecule has 1 unspecified atom stereocenters. The van der Waals surface area contributed by atoms with Crippen LogP contribution in [-0.2, 0) is 4.74 Å². The van der Waals surface area contributed by atoms with Crippen LogP contribution in [0.15, 0.2) is 0 Å². The van der Waals surface area contributed by atoms with E-state index in [1.807, 2.05) is 0 Å². The van der Waals surface area contributed by atoms with Gasteiger partial charge in [0.25, 0.3) is 0 Å². The summed E-state index contributed by atoms with van der Waals surface area (Å²) in [5.41, 5.74) is 0. The third-order valence-corrected chi connectivity index (χ3v) is 2.92. The first-order valence-electron chi connectivity index (χ1n) is 6.24. The van der Waals surface area contributed by atoms with Gasteiger partial charge in [-0.2, -0.15) is 0 Å². The van der Waals surface area contributed by atoms with E-state index in [2.05, 4.69) is 12.2 Å². The number of rotatable bonds is 6. The highest BCUT2D eigenvalue weighted by atomic mass is 16.5. The lowest BCUT2D eigenvalue weighted by molar-refractivity contribution is 0.121. The number of ether oxygens (including phenoxy) is 1. The zero-order chi connectivity index (χ0) is 10.1. The molecular weight excluding hydrogens is 174 g/mol. The van der Waals surface area contributed by atoms with Gasteiger partial charge in [0.2, 0.25) is 0 Å². The molecule has 1 rings (SSSR count). The van der Waals surface area contributed by atoms with Crippen molar-refractivity contribution in [1.29, 1.82) is 0 Å². The molecule has 0 aliphatic carbocycles. The fraction of sp³-hybridized carbons (Fsp3) is 1.00. The maximum Gasteiger partial charge on any atom is 0.0480 e. The van der Waals surface area contributed by atoms with Crippen molar-refractivity contribution in [2.75, 3.05) is 19.8 Å². The highest BCUT2D eigenvalue weighted by Crippen LogP contribution is 2.10. The quantitative estimate of drug-likeness (QED) is 0.664. The summed E-state index contributed by atoms with van der Waals surface area (Å²) in [4.78, 5) is 0. The van der Waals surface area contributed by atoms with Crippen LogP contribution in [0, 0.1) is 0 Å². The van der Waals surface area contributed by atoms with Crippen molar-refractivity contribution in [2.24, 2.45) is 0 Å². The number of hydrogen-bond donors (Lipinski definition) is 1. The van der Waals surface area contributed by atoms with Crippen LogP contribution >= 0.6 is 0 Å². The minimum atomic E-state index is 0.721.